The van der Waals surface area contributed by atoms with Crippen molar-refractivity contribution in [2.24, 2.45) is 5.10 Å². The molecular formula is C26H24Cl2N4O5. The number of hydrogen-bond acceptors (Lipinski definition) is 6. The SMILES string of the molecule is CCc1ccc(NC(=O)COc2ccc(/C=N\NC(=O)C(=O)Nc3cccc(Cl)c3Cl)cc2OC)cc1. The Morgan fingerprint density at radius 1 is 0.946 bits per heavy atom. The van der Waals surface area contributed by atoms with Crippen molar-refractivity contribution in [1.82, 2.24) is 5.43 Å². The highest BCUT2D eigenvalue weighted by Crippen LogP contribution is 2.29. The van der Waals surface area contributed by atoms with Crippen molar-refractivity contribution in [2.75, 3.05) is 24.4 Å². The Morgan fingerprint density at radius 2 is 1.70 bits per heavy atom. The van der Waals surface area contributed by atoms with Gasteiger partial charge >= 0.3 is 11.8 Å². The van der Waals surface area contributed by atoms with Gasteiger partial charge in [-0.3, -0.25) is 14.4 Å². The minimum atomic E-state index is -1.01. The van der Waals surface area contributed by atoms with Crippen LogP contribution in [0.15, 0.2) is 65.8 Å². The average molecular weight is 543 g/mol. The lowest BCUT2D eigenvalue weighted by Gasteiger charge is -2.11. The summed E-state index contributed by atoms with van der Waals surface area (Å²) in [6.45, 7) is 1.84. The van der Waals surface area contributed by atoms with E-state index in [9.17, 15) is 14.4 Å². The maximum absolute atomic E-state index is 12.2. The third kappa shape index (κ3) is 7.96. The lowest BCUT2D eigenvalue weighted by molar-refractivity contribution is -0.136. The van der Waals surface area contributed by atoms with Gasteiger partial charge in [-0.15, -0.1) is 0 Å². The fourth-order valence-corrected chi connectivity index (χ4v) is 3.39. The summed E-state index contributed by atoms with van der Waals surface area (Å²) in [5.74, 6) is -1.60. The fraction of sp³-hybridized carbons (Fsp3) is 0.154. The van der Waals surface area contributed by atoms with Gasteiger partial charge in [-0.25, -0.2) is 5.43 Å². The van der Waals surface area contributed by atoms with Crippen LogP contribution in [-0.4, -0.2) is 37.7 Å². The monoisotopic (exact) mass is 542 g/mol. The van der Waals surface area contributed by atoms with Crippen LogP contribution in [0.1, 0.15) is 18.1 Å². The number of methoxy groups -OCH3 is 1. The first-order valence-electron chi connectivity index (χ1n) is 11.1. The molecule has 0 spiro atoms. The van der Waals surface area contributed by atoms with Gasteiger partial charge < -0.3 is 20.1 Å². The van der Waals surface area contributed by atoms with Crippen molar-refractivity contribution in [2.45, 2.75) is 13.3 Å². The zero-order chi connectivity index (χ0) is 26.8. The normalized spacial score (nSPS) is 10.6. The van der Waals surface area contributed by atoms with E-state index in [0.29, 0.717) is 22.7 Å². The standard InChI is InChI=1S/C26H24Cl2N4O5/c1-3-16-7-10-18(11-8-16)30-23(33)15-37-21-12-9-17(13-22(21)36-2)14-29-32-26(35)25(34)31-20-6-4-5-19(27)24(20)28/h4-14H,3,15H2,1-2H3,(H,30,33)(H,31,34)(H,32,35)/b29-14-. The van der Waals surface area contributed by atoms with Gasteiger partial charge in [-0.05, 0) is 60.0 Å². The number of carbonyl (C=O) groups is 3. The molecular weight excluding hydrogens is 519 g/mol. The number of nitrogens with one attached hydrogen (secondary N) is 3. The van der Waals surface area contributed by atoms with Crippen LogP contribution in [0.25, 0.3) is 0 Å². The highest BCUT2D eigenvalue weighted by atomic mass is 35.5. The zero-order valence-corrected chi connectivity index (χ0v) is 21.5. The Morgan fingerprint density at radius 3 is 2.41 bits per heavy atom. The van der Waals surface area contributed by atoms with Gasteiger partial charge in [0.15, 0.2) is 18.1 Å². The molecule has 0 aliphatic rings. The second kappa shape index (κ2) is 13.3. The van der Waals surface area contributed by atoms with Crippen molar-refractivity contribution in [3.05, 3.63) is 81.8 Å². The third-order valence-electron chi connectivity index (χ3n) is 4.98. The molecule has 11 heteroatoms. The van der Waals surface area contributed by atoms with Crippen LogP contribution in [-0.2, 0) is 20.8 Å². The van der Waals surface area contributed by atoms with E-state index in [1.165, 1.54) is 25.0 Å². The highest BCUT2D eigenvalue weighted by Gasteiger charge is 2.15. The Balaban J connectivity index is 1.53. The number of rotatable bonds is 9. The molecule has 0 saturated heterocycles. The number of hydrazone groups is 1. The van der Waals surface area contributed by atoms with Gasteiger partial charge in [-0.2, -0.15) is 5.10 Å². The summed E-state index contributed by atoms with van der Waals surface area (Å²) in [4.78, 5) is 36.3. The molecule has 0 aromatic heterocycles. The predicted octanol–water partition coefficient (Wildman–Crippen LogP) is 4.67. The first kappa shape index (κ1) is 27.5. The molecule has 3 aromatic carbocycles. The second-order valence-corrected chi connectivity index (χ2v) is 8.34. The maximum atomic E-state index is 12.2. The molecule has 0 aliphatic carbocycles. The number of aryl methyl sites for hydroxylation is 1. The molecule has 37 heavy (non-hydrogen) atoms. The molecule has 0 heterocycles. The number of amides is 3. The summed E-state index contributed by atoms with van der Waals surface area (Å²) in [6, 6.07) is 17.0. The van der Waals surface area contributed by atoms with Crippen molar-refractivity contribution in [3.63, 3.8) is 0 Å². The molecule has 0 aliphatic heterocycles. The van der Waals surface area contributed by atoms with Gasteiger partial charge in [-0.1, -0.05) is 48.3 Å². The van der Waals surface area contributed by atoms with Crippen LogP contribution in [0, 0.1) is 0 Å². The molecule has 0 atom stereocenters. The Bertz CT molecular complexity index is 1310. The molecule has 3 rings (SSSR count). The second-order valence-electron chi connectivity index (χ2n) is 7.55. The van der Waals surface area contributed by atoms with Crippen LogP contribution in [0.2, 0.25) is 10.0 Å². The first-order valence-corrected chi connectivity index (χ1v) is 11.8. The topological polar surface area (TPSA) is 118 Å². The summed E-state index contributed by atoms with van der Waals surface area (Å²) in [7, 11) is 1.45. The zero-order valence-electron chi connectivity index (χ0n) is 20.0. The molecule has 0 bridgehead atoms. The van der Waals surface area contributed by atoms with Gasteiger partial charge in [0.2, 0.25) is 0 Å². The van der Waals surface area contributed by atoms with Crippen LogP contribution in [0.3, 0.4) is 0 Å². The molecule has 0 fully saturated rings. The Labute approximate surface area is 223 Å². The summed E-state index contributed by atoms with van der Waals surface area (Å²) >= 11 is 11.9. The quantitative estimate of drug-likeness (QED) is 0.206. The van der Waals surface area contributed by atoms with Crippen LogP contribution in [0.5, 0.6) is 11.5 Å². The van der Waals surface area contributed by atoms with Crippen molar-refractivity contribution in [1.29, 1.82) is 0 Å². The highest BCUT2D eigenvalue weighted by molar-refractivity contribution is 6.45. The third-order valence-corrected chi connectivity index (χ3v) is 5.80. The van der Waals surface area contributed by atoms with E-state index in [4.69, 9.17) is 32.7 Å². The van der Waals surface area contributed by atoms with E-state index in [1.54, 1.807) is 30.3 Å². The number of nitrogens with zero attached hydrogens (tertiary/aromatic N) is 1. The van der Waals surface area contributed by atoms with E-state index < -0.39 is 11.8 Å². The number of ether oxygens (including phenoxy) is 2. The Kier molecular flexibility index (Phi) is 9.88. The summed E-state index contributed by atoms with van der Waals surface area (Å²) in [5.41, 5.74) is 4.72. The molecule has 3 amide bonds. The minimum absolute atomic E-state index is 0.117. The number of hydrogen-bond donors (Lipinski definition) is 3. The van der Waals surface area contributed by atoms with Gasteiger partial charge in [0.25, 0.3) is 5.91 Å². The van der Waals surface area contributed by atoms with Crippen LogP contribution in [0.4, 0.5) is 11.4 Å². The molecule has 3 aromatic rings. The molecule has 0 unspecified atom stereocenters. The number of anilines is 2. The summed E-state index contributed by atoms with van der Waals surface area (Å²) < 4.78 is 10.9. The largest absolute Gasteiger partial charge is 0.493 e. The van der Waals surface area contributed by atoms with E-state index in [-0.39, 0.29) is 28.2 Å². The molecule has 0 radical (unpaired) electrons. The molecule has 3 N–H and O–H groups in total. The van der Waals surface area contributed by atoms with Crippen molar-refractivity contribution in [3.8, 4) is 11.5 Å². The first-order chi connectivity index (χ1) is 17.8. The molecule has 0 saturated carbocycles. The van der Waals surface area contributed by atoms with Crippen molar-refractivity contribution < 1.29 is 23.9 Å². The summed E-state index contributed by atoms with van der Waals surface area (Å²) in [6.07, 6.45) is 2.23. The average Bonchev–Trinajstić information content (AvgIpc) is 2.90. The van der Waals surface area contributed by atoms with E-state index in [1.807, 2.05) is 24.3 Å². The molecule has 9 nitrogen and oxygen atoms in total. The Hall–Kier alpha value is -4.08. The number of carbonyl (C=O) groups excluding carboxylic acids is 3. The lowest BCUT2D eigenvalue weighted by Crippen LogP contribution is -2.32. The van der Waals surface area contributed by atoms with E-state index in [2.05, 4.69) is 28.1 Å². The van der Waals surface area contributed by atoms with Crippen molar-refractivity contribution >= 4 is 58.5 Å². The number of halogens is 2. The molecule has 192 valence electrons. The van der Waals surface area contributed by atoms with Gasteiger partial charge in [0, 0.05) is 5.69 Å². The summed E-state index contributed by atoms with van der Waals surface area (Å²) in [5, 5.41) is 9.26. The minimum Gasteiger partial charge on any atom is -0.493 e. The number of benzene rings is 3. The van der Waals surface area contributed by atoms with Crippen LogP contribution < -0.4 is 25.5 Å². The van der Waals surface area contributed by atoms with E-state index in [0.717, 1.165) is 6.42 Å². The van der Waals surface area contributed by atoms with Gasteiger partial charge in [0.05, 0.1) is 29.1 Å². The van der Waals surface area contributed by atoms with E-state index >= 15 is 0 Å². The smallest absolute Gasteiger partial charge is 0.329 e. The fourth-order valence-electron chi connectivity index (χ4n) is 3.04. The van der Waals surface area contributed by atoms with Crippen LogP contribution >= 0.6 is 23.2 Å². The predicted molar refractivity (Wildman–Crippen MR) is 144 cm³/mol. The lowest BCUT2D eigenvalue weighted by atomic mass is 10.1. The maximum Gasteiger partial charge on any atom is 0.329 e. The van der Waals surface area contributed by atoms with Gasteiger partial charge in [0.1, 0.15) is 0 Å².